The average Bonchev–Trinajstić information content (AvgIpc) is 2.72. The van der Waals surface area contributed by atoms with Crippen LogP contribution in [-0.2, 0) is 30.4 Å². The van der Waals surface area contributed by atoms with Gasteiger partial charge in [-0.25, -0.2) is 0 Å². The van der Waals surface area contributed by atoms with E-state index in [0.717, 1.165) is 17.7 Å². The number of aromatic nitrogens is 3. The van der Waals surface area contributed by atoms with Gasteiger partial charge in [0.2, 0.25) is 5.91 Å². The van der Waals surface area contributed by atoms with E-state index in [-0.39, 0.29) is 36.7 Å². The summed E-state index contributed by atoms with van der Waals surface area (Å²) in [5.74, 6) is -0.0790. The molecule has 0 radical (unpaired) electrons. The molecule has 2 N–H and O–H groups in total. The van der Waals surface area contributed by atoms with Gasteiger partial charge in [-0.15, -0.1) is 10.2 Å². The molecule has 3 aromatic rings. The van der Waals surface area contributed by atoms with Gasteiger partial charge >= 0.3 is 6.18 Å². The second-order valence-electron chi connectivity index (χ2n) is 6.68. The van der Waals surface area contributed by atoms with Crippen LogP contribution in [0.15, 0.2) is 59.4 Å². The number of carbonyl (C=O) groups is 1. The molecule has 1 heterocycles. The largest absolute Gasteiger partial charge is 0.416 e. The molecule has 30 heavy (non-hydrogen) atoms. The number of amides is 1. The van der Waals surface area contributed by atoms with Crippen molar-refractivity contribution < 1.29 is 18.0 Å². The predicted octanol–water partition coefficient (Wildman–Crippen LogP) is 3.02. The number of benzene rings is 2. The fourth-order valence-corrected chi connectivity index (χ4v) is 2.81. The Kier molecular flexibility index (Phi) is 6.61. The number of nitrogens with one attached hydrogen (secondary N) is 2. The molecule has 0 aliphatic carbocycles. The summed E-state index contributed by atoms with van der Waals surface area (Å²) in [7, 11) is 0. The van der Waals surface area contributed by atoms with Crippen LogP contribution in [0.3, 0.4) is 0 Å². The highest BCUT2D eigenvalue weighted by molar-refractivity contribution is 5.76. The van der Waals surface area contributed by atoms with Gasteiger partial charge in [-0.2, -0.15) is 13.2 Å². The van der Waals surface area contributed by atoms with Gasteiger partial charge in [0.05, 0.1) is 5.56 Å². The molecule has 0 saturated heterocycles. The molecule has 1 amide bonds. The Labute approximate surface area is 170 Å². The van der Waals surface area contributed by atoms with E-state index in [1.54, 1.807) is 0 Å². The van der Waals surface area contributed by atoms with E-state index >= 15 is 0 Å². The molecular formula is C21H19F3N4O2. The van der Waals surface area contributed by atoms with E-state index < -0.39 is 17.3 Å². The third kappa shape index (κ3) is 6.00. The number of hydrogen-bond donors (Lipinski definition) is 2. The van der Waals surface area contributed by atoms with Crippen molar-refractivity contribution in [1.82, 2.24) is 20.5 Å². The van der Waals surface area contributed by atoms with Crippen molar-refractivity contribution in [3.63, 3.8) is 0 Å². The lowest BCUT2D eigenvalue weighted by Crippen LogP contribution is -2.25. The van der Waals surface area contributed by atoms with Crippen molar-refractivity contribution in [3.05, 3.63) is 93.2 Å². The first-order valence-corrected chi connectivity index (χ1v) is 9.23. The number of carbonyl (C=O) groups excluding carboxylic acids is 1. The minimum absolute atomic E-state index is 0.00397. The molecule has 0 unspecified atom stereocenters. The fraction of sp³-hybridized carbons (Fsp3) is 0.238. The van der Waals surface area contributed by atoms with E-state index in [0.29, 0.717) is 12.1 Å². The molecule has 156 valence electrons. The Morgan fingerprint density at radius 1 is 1.00 bits per heavy atom. The van der Waals surface area contributed by atoms with Crippen molar-refractivity contribution in [3.8, 4) is 0 Å². The highest BCUT2D eigenvalue weighted by Crippen LogP contribution is 2.29. The second kappa shape index (κ2) is 9.34. The fourth-order valence-electron chi connectivity index (χ4n) is 2.81. The van der Waals surface area contributed by atoms with Gasteiger partial charge in [0, 0.05) is 25.8 Å². The van der Waals surface area contributed by atoms with Gasteiger partial charge in [-0.3, -0.25) is 9.59 Å². The summed E-state index contributed by atoms with van der Waals surface area (Å²) in [5.41, 5.74) is 0.124. The van der Waals surface area contributed by atoms with Crippen LogP contribution in [-0.4, -0.2) is 21.1 Å². The highest BCUT2D eigenvalue weighted by Gasteiger charge is 2.30. The number of aryl methyl sites for hydroxylation is 1. The Balaban J connectivity index is 1.56. The van der Waals surface area contributed by atoms with Crippen molar-refractivity contribution in [1.29, 1.82) is 0 Å². The zero-order valence-corrected chi connectivity index (χ0v) is 15.9. The summed E-state index contributed by atoms with van der Waals surface area (Å²) < 4.78 is 38.4. The number of aromatic amines is 1. The maximum atomic E-state index is 12.8. The molecule has 3 rings (SSSR count). The van der Waals surface area contributed by atoms with Gasteiger partial charge in [-0.1, -0.05) is 48.5 Å². The van der Waals surface area contributed by atoms with E-state index in [4.69, 9.17) is 0 Å². The molecule has 0 atom stereocenters. The monoisotopic (exact) mass is 416 g/mol. The smallest absolute Gasteiger partial charge is 0.352 e. The lowest BCUT2D eigenvalue weighted by molar-refractivity contribution is -0.137. The lowest BCUT2D eigenvalue weighted by Gasteiger charge is -2.08. The molecule has 2 aromatic carbocycles. The third-order valence-corrected chi connectivity index (χ3v) is 4.36. The summed E-state index contributed by atoms with van der Waals surface area (Å²) in [6.45, 7) is 0.387. The Morgan fingerprint density at radius 2 is 1.73 bits per heavy atom. The average molecular weight is 416 g/mol. The first-order valence-electron chi connectivity index (χ1n) is 9.23. The maximum absolute atomic E-state index is 12.8. The first kappa shape index (κ1) is 21.2. The van der Waals surface area contributed by atoms with Crippen LogP contribution < -0.4 is 10.9 Å². The van der Waals surface area contributed by atoms with Gasteiger partial charge in [-0.05, 0) is 17.2 Å². The first-order chi connectivity index (χ1) is 14.3. The van der Waals surface area contributed by atoms with Crippen LogP contribution in [0.5, 0.6) is 0 Å². The van der Waals surface area contributed by atoms with E-state index in [2.05, 4.69) is 20.5 Å². The zero-order chi connectivity index (χ0) is 21.6. The van der Waals surface area contributed by atoms with Crippen molar-refractivity contribution in [2.45, 2.75) is 32.0 Å². The number of nitrogens with zero attached hydrogens (tertiary/aromatic N) is 2. The van der Waals surface area contributed by atoms with Crippen LogP contribution >= 0.6 is 0 Å². The molecule has 0 fully saturated rings. The number of hydrogen-bond acceptors (Lipinski definition) is 4. The second-order valence-corrected chi connectivity index (χ2v) is 6.68. The van der Waals surface area contributed by atoms with Crippen molar-refractivity contribution in [2.75, 3.05) is 0 Å². The van der Waals surface area contributed by atoms with Crippen molar-refractivity contribution in [2.24, 2.45) is 0 Å². The third-order valence-electron chi connectivity index (χ3n) is 4.36. The Hall–Kier alpha value is -3.49. The lowest BCUT2D eigenvalue weighted by atomic mass is 10.1. The number of halogens is 3. The molecule has 0 aliphatic rings. The minimum atomic E-state index is -4.44. The standard InChI is InChI=1S/C21H19F3N4O2/c22-21(23,24)16-8-4-7-15(11-16)12-18-26-20(30)17(27-28-18)9-10-19(29)25-13-14-5-2-1-3-6-14/h1-8,11H,9-10,12-13H2,(H,25,29)(H,26,28,30). The van der Waals surface area contributed by atoms with Crippen LogP contribution in [0.4, 0.5) is 13.2 Å². The summed E-state index contributed by atoms with van der Waals surface area (Å²) in [5, 5.41) is 10.5. The summed E-state index contributed by atoms with van der Waals surface area (Å²) >= 11 is 0. The molecular weight excluding hydrogens is 397 g/mol. The van der Waals surface area contributed by atoms with Gasteiger partial charge in [0.1, 0.15) is 11.5 Å². The van der Waals surface area contributed by atoms with E-state index in [9.17, 15) is 22.8 Å². The van der Waals surface area contributed by atoms with Gasteiger partial charge < -0.3 is 10.3 Å². The SMILES string of the molecule is O=C(CCc1nnc(Cc2cccc(C(F)(F)F)c2)[nH]c1=O)NCc1ccccc1. The highest BCUT2D eigenvalue weighted by atomic mass is 19.4. The van der Waals surface area contributed by atoms with Gasteiger partial charge in [0.15, 0.2) is 0 Å². The summed E-state index contributed by atoms with van der Waals surface area (Å²) in [6.07, 6.45) is -4.27. The predicted molar refractivity (Wildman–Crippen MR) is 104 cm³/mol. The van der Waals surface area contributed by atoms with Crippen LogP contribution in [0.2, 0.25) is 0 Å². The molecule has 6 nitrogen and oxygen atoms in total. The van der Waals surface area contributed by atoms with Crippen molar-refractivity contribution >= 4 is 5.91 Å². The van der Waals surface area contributed by atoms with E-state index in [1.807, 2.05) is 30.3 Å². The van der Waals surface area contributed by atoms with Crippen LogP contribution in [0.25, 0.3) is 0 Å². The zero-order valence-electron chi connectivity index (χ0n) is 15.9. The number of H-pyrrole nitrogens is 1. The Morgan fingerprint density at radius 3 is 2.43 bits per heavy atom. The summed E-state index contributed by atoms with van der Waals surface area (Å²) in [6, 6.07) is 14.2. The van der Waals surface area contributed by atoms with Crippen LogP contribution in [0.1, 0.15) is 34.6 Å². The minimum Gasteiger partial charge on any atom is -0.352 e. The van der Waals surface area contributed by atoms with E-state index in [1.165, 1.54) is 12.1 Å². The molecule has 1 aromatic heterocycles. The number of rotatable bonds is 7. The van der Waals surface area contributed by atoms with Gasteiger partial charge in [0.25, 0.3) is 5.56 Å². The normalized spacial score (nSPS) is 11.3. The molecule has 0 saturated carbocycles. The molecule has 0 bridgehead atoms. The van der Waals surface area contributed by atoms with Crippen LogP contribution in [0, 0.1) is 0 Å². The Bertz CT molecular complexity index is 1070. The number of alkyl halides is 3. The molecule has 9 heteroatoms. The quantitative estimate of drug-likeness (QED) is 0.620. The molecule has 0 spiro atoms. The maximum Gasteiger partial charge on any atom is 0.416 e. The molecule has 0 aliphatic heterocycles. The topological polar surface area (TPSA) is 87.7 Å². The summed E-state index contributed by atoms with van der Waals surface area (Å²) in [4.78, 5) is 26.7.